The molecule has 10 heteroatoms. The Morgan fingerprint density at radius 3 is 2.57 bits per heavy atom. The standard InChI is InChI=1S/C18H18F3N3O3S/c1-11-22-23-17(27-11)28-10-15(25)24-8-2-3-13(9-24)16(26)12-4-6-14(7-5-12)18(19,20)21/h4-7,13H,2-3,8-10H2,1H3. The Hall–Kier alpha value is -2.36. The zero-order valence-electron chi connectivity index (χ0n) is 15.0. The van der Waals surface area contributed by atoms with Gasteiger partial charge in [0.25, 0.3) is 5.22 Å². The first kappa shape index (κ1) is 20.4. The van der Waals surface area contributed by atoms with E-state index in [1.165, 1.54) is 12.1 Å². The Kier molecular flexibility index (Phi) is 6.07. The fourth-order valence-electron chi connectivity index (χ4n) is 3.03. The number of carbonyl (C=O) groups excluding carboxylic acids is 2. The summed E-state index contributed by atoms with van der Waals surface area (Å²) < 4.78 is 43.2. The molecule has 6 nitrogen and oxygen atoms in total. The Balaban J connectivity index is 1.59. The molecule has 1 aliphatic rings. The van der Waals surface area contributed by atoms with E-state index in [4.69, 9.17) is 4.42 Å². The molecule has 1 saturated heterocycles. The van der Waals surface area contributed by atoms with E-state index >= 15 is 0 Å². The lowest BCUT2D eigenvalue weighted by Gasteiger charge is -2.32. The maximum atomic E-state index is 12.7. The molecule has 0 saturated carbocycles. The third kappa shape index (κ3) is 4.92. The molecule has 1 unspecified atom stereocenters. The van der Waals surface area contributed by atoms with E-state index in [1.54, 1.807) is 11.8 Å². The van der Waals surface area contributed by atoms with Gasteiger partial charge >= 0.3 is 6.18 Å². The highest BCUT2D eigenvalue weighted by Gasteiger charge is 2.32. The third-order valence-corrected chi connectivity index (χ3v) is 5.27. The van der Waals surface area contributed by atoms with E-state index in [1.807, 2.05) is 0 Å². The number of ketones is 1. The molecular weight excluding hydrogens is 395 g/mol. The molecule has 1 aromatic carbocycles. The largest absolute Gasteiger partial charge is 0.416 e. The van der Waals surface area contributed by atoms with Crippen molar-refractivity contribution in [2.75, 3.05) is 18.8 Å². The molecule has 1 fully saturated rings. The molecule has 0 radical (unpaired) electrons. The molecule has 0 N–H and O–H groups in total. The number of rotatable bonds is 5. The minimum absolute atomic E-state index is 0.114. The number of likely N-dealkylation sites (tertiary alicyclic amines) is 1. The quantitative estimate of drug-likeness (QED) is 0.551. The van der Waals surface area contributed by atoms with Crippen molar-refractivity contribution in [1.29, 1.82) is 0 Å². The molecule has 1 atom stereocenters. The van der Waals surface area contributed by atoms with Crippen LogP contribution in [0.1, 0.15) is 34.7 Å². The highest BCUT2D eigenvalue weighted by molar-refractivity contribution is 7.99. The number of carbonyl (C=O) groups is 2. The van der Waals surface area contributed by atoms with Crippen molar-refractivity contribution in [3.63, 3.8) is 0 Å². The summed E-state index contributed by atoms with van der Waals surface area (Å²) in [5.41, 5.74) is -0.569. The van der Waals surface area contributed by atoms with Gasteiger partial charge in [-0.25, -0.2) is 0 Å². The zero-order chi connectivity index (χ0) is 20.3. The SMILES string of the molecule is Cc1nnc(SCC(=O)N2CCCC(C(=O)c3ccc(C(F)(F)F)cc3)C2)o1. The average molecular weight is 413 g/mol. The number of benzene rings is 1. The smallest absolute Gasteiger partial charge is 0.416 e. The van der Waals surface area contributed by atoms with E-state index in [-0.39, 0.29) is 29.6 Å². The van der Waals surface area contributed by atoms with Crippen LogP contribution in [0.4, 0.5) is 13.2 Å². The van der Waals surface area contributed by atoms with Crippen molar-refractivity contribution in [1.82, 2.24) is 15.1 Å². The Labute approximate surface area is 163 Å². The maximum Gasteiger partial charge on any atom is 0.416 e. The number of nitrogens with zero attached hydrogens (tertiary/aromatic N) is 3. The minimum atomic E-state index is -4.44. The van der Waals surface area contributed by atoms with Crippen LogP contribution in [-0.2, 0) is 11.0 Å². The molecular formula is C18H18F3N3O3S. The van der Waals surface area contributed by atoms with Crippen LogP contribution in [0.3, 0.4) is 0 Å². The van der Waals surface area contributed by atoms with Crippen LogP contribution in [0.15, 0.2) is 33.9 Å². The summed E-state index contributed by atoms with van der Waals surface area (Å²) in [5, 5.41) is 7.81. The van der Waals surface area contributed by atoms with Crippen LogP contribution in [0.2, 0.25) is 0 Å². The Bertz CT molecular complexity index is 852. The van der Waals surface area contributed by atoms with Crippen LogP contribution in [0.25, 0.3) is 0 Å². The van der Waals surface area contributed by atoms with Crippen molar-refractivity contribution in [3.8, 4) is 0 Å². The predicted molar refractivity (Wildman–Crippen MR) is 94.8 cm³/mol. The number of halogens is 3. The highest BCUT2D eigenvalue weighted by atomic mass is 32.2. The second kappa shape index (κ2) is 8.34. The van der Waals surface area contributed by atoms with Gasteiger partial charge in [0.1, 0.15) is 0 Å². The van der Waals surface area contributed by atoms with Crippen LogP contribution < -0.4 is 0 Å². The van der Waals surface area contributed by atoms with Crippen LogP contribution in [-0.4, -0.2) is 45.6 Å². The van der Waals surface area contributed by atoms with Gasteiger partial charge in [0.15, 0.2) is 5.78 Å². The van der Waals surface area contributed by atoms with Crippen LogP contribution in [0.5, 0.6) is 0 Å². The molecule has 0 spiro atoms. The number of alkyl halides is 3. The van der Waals surface area contributed by atoms with Gasteiger partial charge in [0.05, 0.1) is 11.3 Å². The van der Waals surface area contributed by atoms with Gasteiger partial charge in [-0.1, -0.05) is 23.9 Å². The number of aryl methyl sites for hydroxylation is 1. The number of amides is 1. The molecule has 28 heavy (non-hydrogen) atoms. The summed E-state index contributed by atoms with van der Waals surface area (Å²) in [5.74, 6) is -0.291. The summed E-state index contributed by atoms with van der Waals surface area (Å²) in [4.78, 5) is 26.7. The fourth-order valence-corrected chi connectivity index (χ4v) is 3.74. The third-order valence-electron chi connectivity index (χ3n) is 4.47. The van der Waals surface area contributed by atoms with Gasteiger partial charge in [0.2, 0.25) is 11.8 Å². The van der Waals surface area contributed by atoms with Crippen molar-refractivity contribution in [2.24, 2.45) is 5.92 Å². The highest BCUT2D eigenvalue weighted by Crippen LogP contribution is 2.30. The second-order valence-electron chi connectivity index (χ2n) is 6.49. The summed E-state index contributed by atoms with van der Waals surface area (Å²) in [6.45, 7) is 2.45. The molecule has 0 aliphatic carbocycles. The number of aromatic nitrogens is 2. The average Bonchev–Trinajstić information content (AvgIpc) is 3.10. The number of hydrogen-bond acceptors (Lipinski definition) is 6. The van der Waals surface area contributed by atoms with E-state index in [2.05, 4.69) is 10.2 Å². The molecule has 0 bridgehead atoms. The monoisotopic (exact) mass is 413 g/mol. The normalized spacial score (nSPS) is 17.6. The van der Waals surface area contributed by atoms with Crippen molar-refractivity contribution in [2.45, 2.75) is 31.2 Å². The molecule has 2 aromatic rings. The fraction of sp³-hybridized carbons (Fsp3) is 0.444. The lowest BCUT2D eigenvalue weighted by Crippen LogP contribution is -2.43. The first-order valence-corrected chi connectivity index (χ1v) is 9.65. The summed E-state index contributed by atoms with van der Waals surface area (Å²) >= 11 is 1.13. The molecule has 1 aromatic heterocycles. The van der Waals surface area contributed by atoms with Crippen molar-refractivity contribution >= 4 is 23.5 Å². The van der Waals surface area contributed by atoms with E-state index in [9.17, 15) is 22.8 Å². The number of piperidine rings is 1. The molecule has 150 valence electrons. The van der Waals surface area contributed by atoms with Crippen molar-refractivity contribution < 1.29 is 27.2 Å². The molecule has 1 amide bonds. The summed E-state index contributed by atoms with van der Waals surface area (Å²) in [6, 6.07) is 4.20. The van der Waals surface area contributed by atoms with Gasteiger partial charge < -0.3 is 9.32 Å². The maximum absolute atomic E-state index is 12.7. The van der Waals surface area contributed by atoms with E-state index < -0.39 is 17.7 Å². The summed E-state index contributed by atoms with van der Waals surface area (Å²) in [7, 11) is 0. The first-order valence-electron chi connectivity index (χ1n) is 8.66. The molecule has 1 aliphatic heterocycles. The van der Waals surface area contributed by atoms with Gasteiger partial charge in [-0.05, 0) is 25.0 Å². The van der Waals surface area contributed by atoms with Crippen LogP contribution in [0, 0.1) is 12.8 Å². The Morgan fingerprint density at radius 1 is 1.25 bits per heavy atom. The van der Waals surface area contributed by atoms with Crippen molar-refractivity contribution in [3.05, 3.63) is 41.3 Å². The number of hydrogen-bond donors (Lipinski definition) is 0. The zero-order valence-corrected chi connectivity index (χ0v) is 15.8. The van der Waals surface area contributed by atoms with E-state index in [0.29, 0.717) is 30.5 Å². The van der Waals surface area contributed by atoms with Gasteiger partial charge in [-0.2, -0.15) is 13.2 Å². The number of thioether (sulfide) groups is 1. The van der Waals surface area contributed by atoms with Gasteiger partial charge in [-0.15, -0.1) is 10.2 Å². The summed E-state index contributed by atoms with van der Waals surface area (Å²) in [6.07, 6.45) is -3.18. The lowest BCUT2D eigenvalue weighted by molar-refractivity contribution is -0.137. The molecule has 2 heterocycles. The Morgan fingerprint density at radius 2 is 1.96 bits per heavy atom. The second-order valence-corrected chi connectivity index (χ2v) is 7.42. The van der Waals surface area contributed by atoms with Gasteiger partial charge in [0, 0.05) is 31.5 Å². The van der Waals surface area contributed by atoms with Crippen LogP contribution >= 0.6 is 11.8 Å². The van der Waals surface area contributed by atoms with E-state index in [0.717, 1.165) is 23.9 Å². The van der Waals surface area contributed by atoms with Gasteiger partial charge in [-0.3, -0.25) is 9.59 Å². The first-order chi connectivity index (χ1) is 13.2. The topological polar surface area (TPSA) is 76.3 Å². The predicted octanol–water partition coefficient (Wildman–Crippen LogP) is 3.61. The molecule has 3 rings (SSSR count). The minimum Gasteiger partial charge on any atom is -0.416 e. The lowest BCUT2D eigenvalue weighted by atomic mass is 9.89. The number of Topliss-reactive ketones (excluding diaryl/α,β-unsaturated/α-hetero) is 1.